The Hall–Kier alpha value is -2.37. The summed E-state index contributed by atoms with van der Waals surface area (Å²) in [4.78, 5) is 37.4. The molecule has 0 heterocycles. The van der Waals surface area contributed by atoms with E-state index in [1.165, 1.54) is 180 Å². The van der Waals surface area contributed by atoms with Crippen LogP contribution in [0.3, 0.4) is 0 Å². The van der Waals surface area contributed by atoms with Gasteiger partial charge in [0.15, 0.2) is 6.10 Å². The second-order valence-electron chi connectivity index (χ2n) is 18.5. The van der Waals surface area contributed by atoms with E-state index in [1.807, 2.05) is 0 Å². The van der Waals surface area contributed by atoms with Gasteiger partial charge in [0.1, 0.15) is 13.2 Å². The first-order valence-corrected chi connectivity index (χ1v) is 27.5. The summed E-state index contributed by atoms with van der Waals surface area (Å²) in [6, 6.07) is 0. The fourth-order valence-corrected chi connectivity index (χ4v) is 7.98. The van der Waals surface area contributed by atoms with Crippen LogP contribution in [0.2, 0.25) is 0 Å². The molecule has 0 saturated carbocycles. The molecule has 0 amide bonds. The zero-order chi connectivity index (χ0) is 45.8. The molecule has 63 heavy (non-hydrogen) atoms. The molecule has 1 atom stereocenters. The van der Waals surface area contributed by atoms with Gasteiger partial charge in [-0.25, -0.2) is 0 Å². The fourth-order valence-electron chi connectivity index (χ4n) is 7.98. The van der Waals surface area contributed by atoms with Crippen LogP contribution in [0.4, 0.5) is 0 Å². The third kappa shape index (κ3) is 50.5. The van der Waals surface area contributed by atoms with Crippen molar-refractivity contribution in [2.24, 2.45) is 0 Å². The molecule has 0 bridgehead atoms. The fraction of sp³-hybridized carbons (Fsp3) is 0.842. The van der Waals surface area contributed by atoms with E-state index in [-0.39, 0.29) is 31.1 Å². The number of allylic oxidation sites excluding steroid dienone is 6. The normalized spacial score (nSPS) is 12.2. The summed E-state index contributed by atoms with van der Waals surface area (Å²) >= 11 is 0. The molecule has 6 nitrogen and oxygen atoms in total. The van der Waals surface area contributed by atoms with Crippen LogP contribution in [-0.4, -0.2) is 37.2 Å². The topological polar surface area (TPSA) is 78.9 Å². The zero-order valence-corrected chi connectivity index (χ0v) is 42.1. The molecule has 0 aromatic carbocycles. The number of rotatable bonds is 50. The van der Waals surface area contributed by atoms with E-state index in [4.69, 9.17) is 14.2 Å². The Labute approximate surface area is 391 Å². The van der Waals surface area contributed by atoms with E-state index >= 15 is 0 Å². The van der Waals surface area contributed by atoms with Crippen LogP contribution in [0.15, 0.2) is 36.5 Å². The molecule has 0 aromatic rings. The molecule has 0 N–H and O–H groups in total. The Morgan fingerprint density at radius 1 is 0.317 bits per heavy atom. The molecule has 0 spiro atoms. The lowest BCUT2D eigenvalue weighted by molar-refractivity contribution is -0.167. The van der Waals surface area contributed by atoms with Gasteiger partial charge in [-0.15, -0.1) is 0 Å². The van der Waals surface area contributed by atoms with Crippen molar-refractivity contribution in [3.63, 3.8) is 0 Å². The van der Waals surface area contributed by atoms with Gasteiger partial charge < -0.3 is 14.2 Å². The van der Waals surface area contributed by atoms with Gasteiger partial charge in [-0.05, 0) is 57.8 Å². The summed E-state index contributed by atoms with van der Waals surface area (Å²) in [6.45, 7) is 6.52. The molecule has 0 radical (unpaired) electrons. The average Bonchev–Trinajstić information content (AvgIpc) is 3.28. The van der Waals surface area contributed by atoms with Crippen molar-refractivity contribution in [3.8, 4) is 0 Å². The highest BCUT2D eigenvalue weighted by molar-refractivity contribution is 5.71. The first-order chi connectivity index (χ1) is 31.0. The van der Waals surface area contributed by atoms with Gasteiger partial charge in [-0.1, -0.05) is 250 Å². The van der Waals surface area contributed by atoms with Crippen molar-refractivity contribution in [2.45, 2.75) is 297 Å². The van der Waals surface area contributed by atoms with Crippen molar-refractivity contribution in [1.29, 1.82) is 0 Å². The van der Waals surface area contributed by atoms with Crippen LogP contribution >= 0.6 is 0 Å². The Balaban J connectivity index is 3.78. The predicted molar refractivity (Wildman–Crippen MR) is 270 cm³/mol. The predicted octanol–water partition coefficient (Wildman–Crippen LogP) is 18.1. The molecular formula is C57H104O6. The van der Waals surface area contributed by atoms with Gasteiger partial charge in [0.05, 0.1) is 0 Å². The van der Waals surface area contributed by atoms with Crippen molar-refractivity contribution in [3.05, 3.63) is 36.5 Å². The highest BCUT2D eigenvalue weighted by Gasteiger charge is 2.19. The monoisotopic (exact) mass is 885 g/mol. The maximum absolute atomic E-state index is 12.5. The number of ether oxygens (including phenoxy) is 3. The molecule has 0 aliphatic heterocycles. The Morgan fingerprint density at radius 3 is 0.889 bits per heavy atom. The van der Waals surface area contributed by atoms with Crippen LogP contribution in [-0.2, 0) is 28.6 Å². The summed E-state index contributed by atoms with van der Waals surface area (Å²) in [7, 11) is 0. The first-order valence-electron chi connectivity index (χ1n) is 27.5. The zero-order valence-electron chi connectivity index (χ0n) is 42.1. The summed E-state index contributed by atoms with van der Waals surface area (Å²) in [5, 5.41) is 0. The van der Waals surface area contributed by atoms with Crippen molar-refractivity contribution in [2.75, 3.05) is 13.2 Å². The average molecular weight is 885 g/mol. The van der Waals surface area contributed by atoms with Gasteiger partial charge in [0, 0.05) is 19.3 Å². The lowest BCUT2D eigenvalue weighted by Gasteiger charge is -2.18. The number of hydrogen-bond acceptors (Lipinski definition) is 6. The molecule has 1 unspecified atom stereocenters. The van der Waals surface area contributed by atoms with Gasteiger partial charge >= 0.3 is 17.9 Å². The summed E-state index contributed by atoms with van der Waals surface area (Å²) in [6.07, 6.45) is 62.2. The number of carbonyl (C=O) groups excluding carboxylic acids is 3. The van der Waals surface area contributed by atoms with Gasteiger partial charge in [0.25, 0.3) is 0 Å². The minimum atomic E-state index is -0.760. The van der Waals surface area contributed by atoms with E-state index in [9.17, 15) is 14.4 Å². The molecule has 0 aromatic heterocycles. The van der Waals surface area contributed by atoms with E-state index in [2.05, 4.69) is 57.2 Å². The van der Waals surface area contributed by atoms with Gasteiger partial charge in [-0.3, -0.25) is 14.4 Å². The maximum atomic E-state index is 12.5. The summed E-state index contributed by atoms with van der Waals surface area (Å²) < 4.78 is 16.6. The minimum absolute atomic E-state index is 0.0685. The smallest absolute Gasteiger partial charge is 0.306 e. The first kappa shape index (κ1) is 60.6. The molecule has 0 rings (SSSR count). The third-order valence-electron chi connectivity index (χ3n) is 12.1. The van der Waals surface area contributed by atoms with Crippen LogP contribution < -0.4 is 0 Å². The van der Waals surface area contributed by atoms with Crippen LogP contribution in [0.5, 0.6) is 0 Å². The molecule has 368 valence electrons. The van der Waals surface area contributed by atoms with Gasteiger partial charge in [0.2, 0.25) is 0 Å². The second kappa shape index (κ2) is 52.3. The number of esters is 3. The second-order valence-corrected chi connectivity index (χ2v) is 18.5. The highest BCUT2D eigenvalue weighted by Crippen LogP contribution is 2.16. The quantitative estimate of drug-likeness (QED) is 0.0262. The van der Waals surface area contributed by atoms with Crippen molar-refractivity contribution >= 4 is 17.9 Å². The van der Waals surface area contributed by atoms with Crippen molar-refractivity contribution < 1.29 is 28.6 Å². The molecular weight excluding hydrogens is 781 g/mol. The highest BCUT2D eigenvalue weighted by atomic mass is 16.6. The number of unbranched alkanes of at least 4 members (excludes halogenated alkanes) is 33. The molecule has 6 heteroatoms. The van der Waals surface area contributed by atoms with Crippen LogP contribution in [0, 0.1) is 0 Å². The summed E-state index contributed by atoms with van der Waals surface area (Å²) in [5.74, 6) is -0.880. The van der Waals surface area contributed by atoms with Gasteiger partial charge in [-0.2, -0.15) is 0 Å². The lowest BCUT2D eigenvalue weighted by Crippen LogP contribution is -2.30. The SMILES string of the molecule is CCCCCCC/C=C\C/C=C\C/C=C\CCCCCCCCCCCCCCCCCCCCC(=O)OCC(COC(=O)CCCCCCCC)OC(=O)CCCCCCCC. The van der Waals surface area contributed by atoms with Crippen LogP contribution in [0.1, 0.15) is 290 Å². The molecule has 0 saturated heterocycles. The number of hydrogen-bond donors (Lipinski definition) is 0. The minimum Gasteiger partial charge on any atom is -0.462 e. The number of carbonyl (C=O) groups is 3. The molecule has 0 aliphatic carbocycles. The van der Waals surface area contributed by atoms with Crippen LogP contribution in [0.25, 0.3) is 0 Å². The Kier molecular flexibility index (Phi) is 50.3. The standard InChI is InChI=1S/C57H104O6/c1-4-7-10-13-16-17-18-19-20-21-22-23-24-25-26-27-28-29-30-31-32-33-34-35-36-37-38-39-40-41-42-45-47-50-56(59)62-53-54(63-57(60)51-48-44-15-12-9-6-3)52-61-55(58)49-46-43-14-11-8-5-2/h18-19,21-22,24-25,54H,4-17,20,23,26-53H2,1-3H3/b19-18-,22-21-,25-24-. The van der Waals surface area contributed by atoms with E-state index in [0.717, 1.165) is 70.6 Å². The maximum Gasteiger partial charge on any atom is 0.306 e. The molecule has 0 fully saturated rings. The third-order valence-corrected chi connectivity index (χ3v) is 12.1. The van der Waals surface area contributed by atoms with E-state index < -0.39 is 6.10 Å². The summed E-state index contributed by atoms with van der Waals surface area (Å²) in [5.41, 5.74) is 0. The lowest BCUT2D eigenvalue weighted by atomic mass is 10.0. The molecule has 0 aliphatic rings. The Bertz CT molecular complexity index is 1060. The Morgan fingerprint density at radius 2 is 0.571 bits per heavy atom. The van der Waals surface area contributed by atoms with E-state index in [1.54, 1.807) is 0 Å². The largest absolute Gasteiger partial charge is 0.462 e. The van der Waals surface area contributed by atoms with Crippen molar-refractivity contribution in [1.82, 2.24) is 0 Å². The van der Waals surface area contributed by atoms with E-state index in [0.29, 0.717) is 19.3 Å².